The maximum Gasteiger partial charge on any atom is 0.163 e. The van der Waals surface area contributed by atoms with Crippen LogP contribution in [0.2, 0.25) is 0 Å². The molecule has 0 saturated carbocycles. The Morgan fingerprint density at radius 1 is 1.06 bits per heavy atom. The van der Waals surface area contributed by atoms with Crippen LogP contribution in [-0.4, -0.2) is 16.0 Å². The van der Waals surface area contributed by atoms with Gasteiger partial charge in [-0.15, -0.1) is 0 Å². The first-order valence-electron chi connectivity index (χ1n) is 5.63. The molecule has 0 amide bonds. The smallest absolute Gasteiger partial charge is 0.163 e. The Morgan fingerprint density at radius 3 is 2.33 bits per heavy atom. The highest BCUT2D eigenvalue weighted by molar-refractivity contribution is 5.99. The van der Waals surface area contributed by atoms with Gasteiger partial charge in [0.05, 0.1) is 5.56 Å². The Kier molecular flexibility index (Phi) is 3.06. The Labute approximate surface area is 105 Å². The molecule has 0 atom stereocenters. The summed E-state index contributed by atoms with van der Waals surface area (Å²) < 4.78 is 0. The molecule has 0 spiro atoms. The van der Waals surface area contributed by atoms with E-state index >= 15 is 0 Å². The van der Waals surface area contributed by atoms with Crippen LogP contribution in [0.25, 0.3) is 11.1 Å². The van der Waals surface area contributed by atoms with Crippen LogP contribution in [0.1, 0.15) is 22.8 Å². The monoisotopic (exact) mass is 242 g/mol. The van der Waals surface area contributed by atoms with E-state index in [0.29, 0.717) is 11.1 Å². The third kappa shape index (κ3) is 2.07. The molecule has 0 aliphatic carbocycles. The first-order valence-corrected chi connectivity index (χ1v) is 5.63. The van der Waals surface area contributed by atoms with Crippen LogP contribution in [0.3, 0.4) is 0 Å². The molecule has 92 valence electrons. The summed E-state index contributed by atoms with van der Waals surface area (Å²) in [7, 11) is 0. The number of phenols is 2. The fraction of sp³-hybridized carbons (Fsp3) is 0.133. The van der Waals surface area contributed by atoms with E-state index in [1.165, 1.54) is 6.92 Å². The average molecular weight is 242 g/mol. The number of rotatable bonds is 2. The summed E-state index contributed by atoms with van der Waals surface area (Å²) in [5, 5.41) is 19.9. The number of aromatic hydroxyl groups is 2. The number of para-hydroxylation sites is 1. The lowest BCUT2D eigenvalue weighted by molar-refractivity contribution is 0.101. The van der Waals surface area contributed by atoms with Crippen LogP contribution < -0.4 is 0 Å². The Morgan fingerprint density at radius 2 is 1.72 bits per heavy atom. The molecule has 0 saturated heterocycles. The van der Waals surface area contributed by atoms with Gasteiger partial charge in [0.2, 0.25) is 0 Å². The molecule has 0 fully saturated rings. The molecule has 0 unspecified atom stereocenters. The summed E-state index contributed by atoms with van der Waals surface area (Å²) in [6.07, 6.45) is 0. The fourth-order valence-electron chi connectivity index (χ4n) is 1.95. The maximum absolute atomic E-state index is 11.5. The molecule has 0 aromatic heterocycles. The van der Waals surface area contributed by atoms with Crippen molar-refractivity contribution in [1.29, 1.82) is 0 Å². The van der Waals surface area contributed by atoms with Gasteiger partial charge in [-0.25, -0.2) is 0 Å². The molecule has 0 radical (unpaired) electrons. The zero-order valence-corrected chi connectivity index (χ0v) is 10.3. The van der Waals surface area contributed by atoms with Gasteiger partial charge in [0.1, 0.15) is 11.5 Å². The lowest BCUT2D eigenvalue weighted by Crippen LogP contribution is -1.95. The minimum atomic E-state index is -0.201. The Balaban J connectivity index is 2.73. The standard InChI is InChI=1S/C15H14O3/c1-9-7-12(10(2)16)15(18)13(8-9)11-5-3-4-6-14(11)17/h3-8,17-18H,1-2H3. The normalized spacial score (nSPS) is 10.3. The fourth-order valence-corrected chi connectivity index (χ4v) is 1.95. The van der Waals surface area contributed by atoms with Gasteiger partial charge >= 0.3 is 0 Å². The van der Waals surface area contributed by atoms with Crippen LogP contribution in [0.15, 0.2) is 36.4 Å². The summed E-state index contributed by atoms with van der Waals surface area (Å²) in [6, 6.07) is 10.1. The number of aryl methyl sites for hydroxylation is 1. The summed E-state index contributed by atoms with van der Waals surface area (Å²) in [5.41, 5.74) is 2.11. The van der Waals surface area contributed by atoms with E-state index in [4.69, 9.17) is 0 Å². The van der Waals surface area contributed by atoms with E-state index in [2.05, 4.69) is 0 Å². The van der Waals surface area contributed by atoms with Crippen molar-refractivity contribution in [3.05, 3.63) is 47.5 Å². The van der Waals surface area contributed by atoms with Crippen molar-refractivity contribution < 1.29 is 15.0 Å². The first-order chi connectivity index (χ1) is 8.50. The SMILES string of the molecule is CC(=O)c1cc(C)cc(-c2ccccc2O)c1O. The molecule has 0 aliphatic rings. The number of benzene rings is 2. The van der Waals surface area contributed by atoms with Gasteiger partial charge in [-0.1, -0.05) is 18.2 Å². The van der Waals surface area contributed by atoms with Gasteiger partial charge in [0.15, 0.2) is 5.78 Å². The molecule has 2 rings (SSSR count). The number of ketones is 1. The molecule has 2 aromatic rings. The highest BCUT2D eigenvalue weighted by atomic mass is 16.3. The Hall–Kier alpha value is -2.29. The molecule has 3 nitrogen and oxygen atoms in total. The molecule has 0 aliphatic heterocycles. The van der Waals surface area contributed by atoms with E-state index < -0.39 is 0 Å². The Bertz CT molecular complexity index is 615. The summed E-state index contributed by atoms with van der Waals surface area (Å²) in [6.45, 7) is 3.25. The van der Waals surface area contributed by atoms with Crippen molar-refractivity contribution in [2.24, 2.45) is 0 Å². The number of phenolic OH excluding ortho intramolecular Hbond substituents is 2. The minimum Gasteiger partial charge on any atom is -0.507 e. The van der Waals surface area contributed by atoms with Crippen molar-refractivity contribution in [3.63, 3.8) is 0 Å². The third-order valence-electron chi connectivity index (χ3n) is 2.83. The van der Waals surface area contributed by atoms with Gasteiger partial charge in [-0.3, -0.25) is 4.79 Å². The third-order valence-corrected chi connectivity index (χ3v) is 2.83. The number of Topliss-reactive ketones (excluding diaryl/α,β-unsaturated/α-hetero) is 1. The second-order valence-electron chi connectivity index (χ2n) is 4.28. The van der Waals surface area contributed by atoms with E-state index in [1.54, 1.807) is 36.4 Å². The zero-order valence-electron chi connectivity index (χ0n) is 10.3. The summed E-state index contributed by atoms with van der Waals surface area (Å²) in [4.78, 5) is 11.5. The second-order valence-corrected chi connectivity index (χ2v) is 4.28. The predicted molar refractivity (Wildman–Crippen MR) is 69.9 cm³/mol. The average Bonchev–Trinajstić information content (AvgIpc) is 2.32. The van der Waals surface area contributed by atoms with Crippen LogP contribution in [0, 0.1) is 6.92 Å². The van der Waals surface area contributed by atoms with Gasteiger partial charge in [0, 0.05) is 11.1 Å². The zero-order chi connectivity index (χ0) is 13.3. The highest BCUT2D eigenvalue weighted by Gasteiger charge is 2.15. The maximum atomic E-state index is 11.5. The predicted octanol–water partition coefficient (Wildman–Crippen LogP) is 3.28. The molecular weight excluding hydrogens is 228 g/mol. The van der Waals surface area contributed by atoms with Crippen molar-refractivity contribution in [2.75, 3.05) is 0 Å². The summed E-state index contributed by atoms with van der Waals surface area (Å²) >= 11 is 0. The van der Waals surface area contributed by atoms with E-state index in [9.17, 15) is 15.0 Å². The highest BCUT2D eigenvalue weighted by Crippen LogP contribution is 2.38. The van der Waals surface area contributed by atoms with Gasteiger partial charge in [-0.05, 0) is 37.6 Å². The van der Waals surface area contributed by atoms with Crippen molar-refractivity contribution >= 4 is 5.78 Å². The number of hydrogen-bond acceptors (Lipinski definition) is 3. The van der Waals surface area contributed by atoms with E-state index in [1.807, 2.05) is 6.92 Å². The van der Waals surface area contributed by atoms with E-state index in [0.717, 1.165) is 5.56 Å². The van der Waals surface area contributed by atoms with Gasteiger partial charge in [-0.2, -0.15) is 0 Å². The van der Waals surface area contributed by atoms with Gasteiger partial charge < -0.3 is 10.2 Å². The van der Waals surface area contributed by atoms with Gasteiger partial charge in [0.25, 0.3) is 0 Å². The lowest BCUT2D eigenvalue weighted by Gasteiger charge is -2.11. The molecule has 2 N–H and O–H groups in total. The number of hydrogen-bond donors (Lipinski definition) is 2. The number of carbonyl (C=O) groups excluding carboxylic acids is 1. The second kappa shape index (κ2) is 4.53. The molecule has 3 heteroatoms. The molecule has 18 heavy (non-hydrogen) atoms. The topological polar surface area (TPSA) is 57.5 Å². The van der Waals surface area contributed by atoms with E-state index in [-0.39, 0.29) is 22.8 Å². The first kappa shape index (κ1) is 12.2. The quantitative estimate of drug-likeness (QED) is 0.794. The summed E-state index contributed by atoms with van der Waals surface area (Å²) in [5.74, 6) is -0.213. The van der Waals surface area contributed by atoms with Crippen molar-refractivity contribution in [2.45, 2.75) is 13.8 Å². The van der Waals surface area contributed by atoms with Crippen LogP contribution >= 0.6 is 0 Å². The number of carbonyl (C=O) groups is 1. The van der Waals surface area contributed by atoms with Crippen molar-refractivity contribution in [1.82, 2.24) is 0 Å². The van der Waals surface area contributed by atoms with Crippen LogP contribution in [0.5, 0.6) is 11.5 Å². The minimum absolute atomic E-state index is 0.0768. The van der Waals surface area contributed by atoms with Crippen LogP contribution in [0.4, 0.5) is 0 Å². The molecule has 0 heterocycles. The molecular formula is C15H14O3. The van der Waals surface area contributed by atoms with Crippen molar-refractivity contribution in [3.8, 4) is 22.6 Å². The lowest BCUT2D eigenvalue weighted by atomic mass is 9.96. The van der Waals surface area contributed by atoms with Crippen LogP contribution in [-0.2, 0) is 0 Å². The molecule has 2 aromatic carbocycles. The molecule has 0 bridgehead atoms. The largest absolute Gasteiger partial charge is 0.507 e.